The lowest BCUT2D eigenvalue weighted by atomic mass is 10.0. The molecule has 0 unspecified atom stereocenters. The second-order valence-electron chi connectivity index (χ2n) is 7.08. The van der Waals surface area contributed by atoms with Gasteiger partial charge in [0.05, 0.1) is 13.2 Å². The molecule has 0 bridgehead atoms. The molecule has 0 rings (SSSR count). The minimum Gasteiger partial charge on any atom is -0.465 e. The Kier molecular flexibility index (Phi) is 19.6. The largest absolute Gasteiger partial charge is 0.465 e. The van der Waals surface area contributed by atoms with Gasteiger partial charge in [-0.3, -0.25) is 9.59 Å². The Bertz CT molecular complexity index is 473. The van der Waals surface area contributed by atoms with Crippen LogP contribution in [0, 0.1) is 5.92 Å². The van der Waals surface area contributed by atoms with Gasteiger partial charge in [-0.25, -0.2) is 0 Å². The lowest BCUT2D eigenvalue weighted by Crippen LogP contribution is -2.28. The summed E-state index contributed by atoms with van der Waals surface area (Å²) in [7, 11) is 0. The third-order valence-electron chi connectivity index (χ3n) is 4.52. The Morgan fingerprint density at radius 2 is 1.14 bits per heavy atom. The van der Waals surface area contributed by atoms with Gasteiger partial charge in [-0.1, -0.05) is 69.1 Å². The minimum absolute atomic E-state index is 0.281. The molecule has 29 heavy (non-hydrogen) atoms. The normalized spacial score (nSPS) is 11.9. The number of hydrogen-bond donors (Lipinski definition) is 0. The highest BCUT2D eigenvalue weighted by Crippen LogP contribution is 2.15. The van der Waals surface area contributed by atoms with Crippen LogP contribution in [0.3, 0.4) is 0 Å². The van der Waals surface area contributed by atoms with Gasteiger partial charge >= 0.3 is 11.9 Å². The Labute approximate surface area is 178 Å². The zero-order chi connectivity index (χ0) is 21.6. The van der Waals surface area contributed by atoms with Gasteiger partial charge in [0.1, 0.15) is 0 Å². The third-order valence-corrected chi connectivity index (χ3v) is 4.52. The molecule has 0 saturated carbocycles. The van der Waals surface area contributed by atoms with Crippen molar-refractivity contribution >= 4 is 11.9 Å². The molecule has 0 aromatic carbocycles. The van der Waals surface area contributed by atoms with Crippen LogP contribution in [0.2, 0.25) is 0 Å². The number of unbranched alkanes of at least 4 members (excludes halogenated alkanes) is 6. The van der Waals surface area contributed by atoms with Crippen molar-refractivity contribution in [2.45, 2.75) is 91.4 Å². The van der Waals surface area contributed by atoms with Crippen LogP contribution in [0.4, 0.5) is 0 Å². The summed E-state index contributed by atoms with van der Waals surface area (Å²) in [5, 5.41) is 0. The number of allylic oxidation sites excluding steroid dienone is 6. The highest BCUT2D eigenvalue weighted by molar-refractivity contribution is 5.94. The summed E-state index contributed by atoms with van der Waals surface area (Å²) in [6.45, 7) is 6.28. The highest BCUT2D eigenvalue weighted by Gasteiger charge is 2.28. The SMILES string of the molecule is CCCCC/C=C\C/C=C\C/C=C\CCCCCC(C(=O)OCC)C(=O)OCC. The number of hydrogen-bond acceptors (Lipinski definition) is 4. The Balaban J connectivity index is 3.81. The Hall–Kier alpha value is -1.84. The molecule has 0 aliphatic heterocycles. The lowest BCUT2D eigenvalue weighted by molar-refractivity contribution is -0.161. The topological polar surface area (TPSA) is 52.6 Å². The van der Waals surface area contributed by atoms with Gasteiger partial charge in [0, 0.05) is 0 Å². The van der Waals surface area contributed by atoms with E-state index in [0.717, 1.165) is 38.5 Å². The minimum atomic E-state index is -0.781. The molecule has 0 saturated heterocycles. The first-order chi connectivity index (χ1) is 14.2. The third kappa shape index (κ3) is 16.8. The fraction of sp³-hybridized carbons (Fsp3) is 0.680. The second kappa shape index (κ2) is 20.9. The Morgan fingerprint density at radius 3 is 1.62 bits per heavy atom. The van der Waals surface area contributed by atoms with Crippen LogP contribution in [0.1, 0.15) is 91.4 Å². The van der Waals surface area contributed by atoms with Crippen molar-refractivity contribution in [2.24, 2.45) is 5.92 Å². The van der Waals surface area contributed by atoms with Crippen LogP contribution >= 0.6 is 0 Å². The van der Waals surface area contributed by atoms with E-state index < -0.39 is 17.9 Å². The van der Waals surface area contributed by atoms with Gasteiger partial charge in [0.2, 0.25) is 0 Å². The maximum Gasteiger partial charge on any atom is 0.320 e. The average Bonchev–Trinajstić information content (AvgIpc) is 2.70. The first kappa shape index (κ1) is 27.2. The first-order valence-electron chi connectivity index (χ1n) is 11.5. The van der Waals surface area contributed by atoms with E-state index in [4.69, 9.17) is 9.47 Å². The lowest BCUT2D eigenvalue weighted by Gasteiger charge is -2.13. The number of esters is 2. The van der Waals surface area contributed by atoms with Crippen LogP contribution < -0.4 is 0 Å². The van der Waals surface area contributed by atoms with Crippen molar-refractivity contribution in [3.8, 4) is 0 Å². The standard InChI is InChI=1S/C25H42O4/c1-4-7-8-9-10-11-12-13-14-15-16-17-18-19-20-21-22-23(24(26)28-5-2)25(27)29-6-3/h10-11,13-14,16-17,23H,4-9,12,15,18-22H2,1-3H3/b11-10-,14-13-,17-16-. The summed E-state index contributed by atoms with van der Waals surface area (Å²) in [6, 6.07) is 0. The summed E-state index contributed by atoms with van der Waals surface area (Å²) in [5.74, 6) is -1.71. The van der Waals surface area contributed by atoms with E-state index in [-0.39, 0.29) is 13.2 Å². The molecular weight excluding hydrogens is 364 g/mol. The maximum absolute atomic E-state index is 11.9. The van der Waals surface area contributed by atoms with E-state index in [9.17, 15) is 9.59 Å². The number of rotatable bonds is 18. The molecule has 166 valence electrons. The molecular formula is C25H42O4. The maximum atomic E-state index is 11.9. The fourth-order valence-corrected chi connectivity index (χ4v) is 2.89. The second-order valence-corrected chi connectivity index (χ2v) is 7.08. The van der Waals surface area contributed by atoms with Crippen LogP contribution in [-0.2, 0) is 19.1 Å². The van der Waals surface area contributed by atoms with Gasteiger partial charge in [0.15, 0.2) is 5.92 Å². The molecule has 0 aromatic rings. The molecule has 0 heterocycles. The molecule has 0 atom stereocenters. The van der Waals surface area contributed by atoms with Gasteiger partial charge in [-0.2, -0.15) is 0 Å². The molecule has 4 heteroatoms. The molecule has 0 aromatic heterocycles. The molecule has 4 nitrogen and oxygen atoms in total. The van der Waals surface area contributed by atoms with E-state index in [1.54, 1.807) is 13.8 Å². The van der Waals surface area contributed by atoms with Crippen molar-refractivity contribution in [1.29, 1.82) is 0 Å². The number of carbonyl (C=O) groups excluding carboxylic acids is 2. The molecule has 0 N–H and O–H groups in total. The van der Waals surface area contributed by atoms with Crippen molar-refractivity contribution in [3.63, 3.8) is 0 Å². The zero-order valence-electron chi connectivity index (χ0n) is 18.9. The zero-order valence-corrected chi connectivity index (χ0v) is 18.9. The van der Waals surface area contributed by atoms with Crippen LogP contribution in [0.15, 0.2) is 36.5 Å². The number of carbonyl (C=O) groups is 2. The molecule has 0 amide bonds. The summed E-state index contributed by atoms with van der Waals surface area (Å²) in [5.41, 5.74) is 0. The Morgan fingerprint density at radius 1 is 0.655 bits per heavy atom. The monoisotopic (exact) mass is 406 g/mol. The summed E-state index contributed by atoms with van der Waals surface area (Å²) < 4.78 is 9.98. The quantitative estimate of drug-likeness (QED) is 0.110. The summed E-state index contributed by atoms with van der Waals surface area (Å²) >= 11 is 0. The van der Waals surface area contributed by atoms with E-state index in [1.165, 1.54) is 25.7 Å². The van der Waals surface area contributed by atoms with E-state index in [2.05, 4.69) is 43.4 Å². The van der Waals surface area contributed by atoms with Gasteiger partial charge in [0.25, 0.3) is 0 Å². The molecule has 0 spiro atoms. The van der Waals surface area contributed by atoms with E-state index >= 15 is 0 Å². The molecule has 0 radical (unpaired) electrons. The molecule has 0 fully saturated rings. The molecule has 0 aliphatic rings. The van der Waals surface area contributed by atoms with Gasteiger partial charge in [-0.15, -0.1) is 0 Å². The predicted molar refractivity (Wildman–Crippen MR) is 121 cm³/mol. The first-order valence-corrected chi connectivity index (χ1v) is 11.5. The molecule has 0 aliphatic carbocycles. The van der Waals surface area contributed by atoms with Crippen molar-refractivity contribution in [2.75, 3.05) is 13.2 Å². The summed E-state index contributed by atoms with van der Waals surface area (Å²) in [6.07, 6.45) is 24.8. The fourth-order valence-electron chi connectivity index (χ4n) is 2.89. The average molecular weight is 407 g/mol. The van der Waals surface area contributed by atoms with Crippen molar-refractivity contribution in [1.82, 2.24) is 0 Å². The van der Waals surface area contributed by atoms with E-state index in [0.29, 0.717) is 6.42 Å². The van der Waals surface area contributed by atoms with Crippen molar-refractivity contribution < 1.29 is 19.1 Å². The van der Waals surface area contributed by atoms with Crippen LogP contribution in [0.25, 0.3) is 0 Å². The predicted octanol–water partition coefficient (Wildman–Crippen LogP) is 6.71. The van der Waals surface area contributed by atoms with Crippen LogP contribution in [-0.4, -0.2) is 25.2 Å². The smallest absolute Gasteiger partial charge is 0.320 e. The van der Waals surface area contributed by atoms with E-state index in [1.807, 2.05) is 0 Å². The number of ether oxygens (including phenoxy) is 2. The summed E-state index contributed by atoms with van der Waals surface area (Å²) in [4.78, 5) is 23.8. The highest BCUT2D eigenvalue weighted by atomic mass is 16.6. The van der Waals surface area contributed by atoms with Crippen LogP contribution in [0.5, 0.6) is 0 Å². The van der Waals surface area contributed by atoms with Gasteiger partial charge < -0.3 is 9.47 Å². The van der Waals surface area contributed by atoms with Gasteiger partial charge in [-0.05, 0) is 58.8 Å². The van der Waals surface area contributed by atoms with Crippen molar-refractivity contribution in [3.05, 3.63) is 36.5 Å².